The van der Waals surface area contributed by atoms with Crippen molar-refractivity contribution >= 4 is 18.4 Å². The molecule has 0 aliphatic heterocycles. The third-order valence-corrected chi connectivity index (χ3v) is 1.30. The van der Waals surface area contributed by atoms with Gasteiger partial charge in [0, 0.05) is 0 Å². The number of methoxy groups -OCH3 is 1. The van der Waals surface area contributed by atoms with Gasteiger partial charge in [0.05, 0.1) is 13.4 Å². The Morgan fingerprint density at radius 2 is 2.42 bits per heavy atom. The summed E-state index contributed by atoms with van der Waals surface area (Å²) in [5.74, 6) is -0.0863. The highest BCUT2D eigenvalue weighted by atomic mass is 35.5. The van der Waals surface area contributed by atoms with E-state index < -0.39 is 12.0 Å². The monoisotopic (exact) mass is 191 g/mol. The van der Waals surface area contributed by atoms with Crippen molar-refractivity contribution in [2.24, 2.45) is 5.73 Å². The molecule has 0 fully saturated rings. The molecule has 0 aliphatic rings. The van der Waals surface area contributed by atoms with Crippen LogP contribution in [0.15, 0.2) is 22.8 Å². The van der Waals surface area contributed by atoms with Gasteiger partial charge in [0.25, 0.3) is 0 Å². The Hall–Kier alpha value is -1.00. The average Bonchev–Trinajstić information content (AvgIpc) is 2.53. The van der Waals surface area contributed by atoms with Crippen molar-refractivity contribution in [3.63, 3.8) is 0 Å². The largest absolute Gasteiger partial charge is 0.468 e. The fourth-order valence-corrected chi connectivity index (χ4v) is 0.711. The lowest BCUT2D eigenvalue weighted by molar-refractivity contribution is -0.142. The molecule has 1 heterocycles. The van der Waals surface area contributed by atoms with Crippen LogP contribution in [0.1, 0.15) is 11.8 Å². The second kappa shape index (κ2) is 4.79. The molecule has 0 aromatic carbocycles. The van der Waals surface area contributed by atoms with E-state index in [2.05, 4.69) is 4.74 Å². The Labute approximate surface area is 76.1 Å². The highest BCUT2D eigenvalue weighted by Gasteiger charge is 2.17. The lowest BCUT2D eigenvalue weighted by atomic mass is 10.2. The fourth-order valence-electron chi connectivity index (χ4n) is 0.711. The van der Waals surface area contributed by atoms with Crippen molar-refractivity contribution in [3.8, 4) is 0 Å². The molecule has 0 bridgehead atoms. The molecule has 12 heavy (non-hydrogen) atoms. The Morgan fingerprint density at radius 3 is 2.83 bits per heavy atom. The van der Waals surface area contributed by atoms with Crippen molar-refractivity contribution in [2.75, 3.05) is 7.11 Å². The number of esters is 1. The van der Waals surface area contributed by atoms with Crippen LogP contribution in [0.2, 0.25) is 0 Å². The third-order valence-electron chi connectivity index (χ3n) is 1.30. The van der Waals surface area contributed by atoms with E-state index in [1.54, 1.807) is 12.1 Å². The van der Waals surface area contributed by atoms with Gasteiger partial charge in [0.1, 0.15) is 5.76 Å². The number of hydrogen-bond acceptors (Lipinski definition) is 4. The van der Waals surface area contributed by atoms with Crippen LogP contribution in [-0.2, 0) is 9.53 Å². The smallest absolute Gasteiger partial charge is 0.330 e. The predicted molar refractivity (Wildman–Crippen MR) is 44.9 cm³/mol. The first kappa shape index (κ1) is 11.0. The molecule has 0 saturated heterocycles. The summed E-state index contributed by atoms with van der Waals surface area (Å²) in [4.78, 5) is 10.8. The van der Waals surface area contributed by atoms with Gasteiger partial charge < -0.3 is 14.9 Å². The van der Waals surface area contributed by atoms with E-state index in [4.69, 9.17) is 10.2 Å². The lowest BCUT2D eigenvalue weighted by Crippen LogP contribution is -2.21. The summed E-state index contributed by atoms with van der Waals surface area (Å²) in [5, 5.41) is 0. The highest BCUT2D eigenvalue weighted by molar-refractivity contribution is 5.85. The second-order valence-corrected chi connectivity index (χ2v) is 2.02. The molecule has 0 amide bonds. The normalized spacial score (nSPS) is 11.5. The SMILES string of the molecule is COC(=O)[C@H](N)c1ccco1.Cl. The minimum atomic E-state index is -0.810. The van der Waals surface area contributed by atoms with Crippen LogP contribution < -0.4 is 5.73 Å². The van der Waals surface area contributed by atoms with Gasteiger partial charge in [-0.2, -0.15) is 0 Å². The minimum Gasteiger partial charge on any atom is -0.468 e. The zero-order valence-electron chi connectivity index (χ0n) is 6.52. The number of halogens is 1. The minimum absolute atomic E-state index is 0. The van der Waals surface area contributed by atoms with Gasteiger partial charge in [-0.25, -0.2) is 4.79 Å². The zero-order valence-corrected chi connectivity index (χ0v) is 7.34. The average molecular weight is 192 g/mol. The summed E-state index contributed by atoms with van der Waals surface area (Å²) in [7, 11) is 1.28. The van der Waals surface area contributed by atoms with E-state index in [1.165, 1.54) is 13.4 Å². The molecule has 1 aromatic heterocycles. The number of carbonyl (C=O) groups excluding carboxylic acids is 1. The van der Waals surface area contributed by atoms with Crippen molar-refractivity contribution in [1.82, 2.24) is 0 Å². The third kappa shape index (κ3) is 2.25. The molecular weight excluding hydrogens is 182 g/mol. The number of hydrogen-bond donors (Lipinski definition) is 1. The Morgan fingerprint density at radius 1 is 1.75 bits per heavy atom. The van der Waals surface area contributed by atoms with Crippen molar-refractivity contribution in [1.29, 1.82) is 0 Å². The van der Waals surface area contributed by atoms with Gasteiger partial charge in [-0.1, -0.05) is 0 Å². The van der Waals surface area contributed by atoms with Crippen LogP contribution in [0.4, 0.5) is 0 Å². The van der Waals surface area contributed by atoms with Crippen LogP contribution in [0.5, 0.6) is 0 Å². The molecule has 2 N–H and O–H groups in total. The number of ether oxygens (including phenoxy) is 1. The zero-order chi connectivity index (χ0) is 8.27. The molecule has 4 nitrogen and oxygen atoms in total. The molecule has 0 aliphatic carbocycles. The van der Waals surface area contributed by atoms with Gasteiger partial charge in [0.15, 0.2) is 6.04 Å². The maximum atomic E-state index is 10.8. The van der Waals surface area contributed by atoms with Crippen molar-refractivity contribution < 1.29 is 13.9 Å². The summed E-state index contributed by atoms with van der Waals surface area (Å²) in [6.07, 6.45) is 1.46. The molecule has 1 atom stereocenters. The summed E-state index contributed by atoms with van der Waals surface area (Å²) < 4.78 is 9.30. The van der Waals surface area contributed by atoms with E-state index >= 15 is 0 Å². The quantitative estimate of drug-likeness (QED) is 0.705. The van der Waals surface area contributed by atoms with Crippen LogP contribution in [-0.4, -0.2) is 13.1 Å². The van der Waals surface area contributed by atoms with Gasteiger partial charge in [-0.05, 0) is 12.1 Å². The number of rotatable bonds is 2. The van der Waals surface area contributed by atoms with Gasteiger partial charge >= 0.3 is 5.97 Å². The molecule has 0 spiro atoms. The maximum absolute atomic E-state index is 10.8. The first-order valence-electron chi connectivity index (χ1n) is 3.12. The van der Waals surface area contributed by atoms with Gasteiger partial charge in [0.2, 0.25) is 0 Å². The van der Waals surface area contributed by atoms with E-state index in [1.807, 2.05) is 0 Å². The molecule has 0 unspecified atom stereocenters. The standard InChI is InChI=1S/C7H9NO3.ClH/c1-10-7(9)6(8)5-3-2-4-11-5;/h2-4,6H,8H2,1H3;1H/t6-;/m1./s1. The van der Waals surface area contributed by atoms with Crippen molar-refractivity contribution in [3.05, 3.63) is 24.2 Å². The first-order valence-corrected chi connectivity index (χ1v) is 3.12. The van der Waals surface area contributed by atoms with E-state index in [-0.39, 0.29) is 12.4 Å². The Balaban J connectivity index is 0.00000121. The maximum Gasteiger partial charge on any atom is 0.330 e. The molecule has 68 valence electrons. The Kier molecular flexibility index (Phi) is 4.39. The summed E-state index contributed by atoms with van der Waals surface area (Å²) in [6, 6.07) is 2.48. The molecule has 5 heteroatoms. The highest BCUT2D eigenvalue weighted by Crippen LogP contribution is 2.10. The first-order chi connectivity index (χ1) is 5.25. The topological polar surface area (TPSA) is 65.5 Å². The van der Waals surface area contributed by atoms with Crippen LogP contribution in [0, 0.1) is 0 Å². The van der Waals surface area contributed by atoms with Gasteiger partial charge in [-0.3, -0.25) is 0 Å². The van der Waals surface area contributed by atoms with Crippen LogP contribution >= 0.6 is 12.4 Å². The summed E-state index contributed by atoms with van der Waals surface area (Å²) in [6.45, 7) is 0. The number of carbonyl (C=O) groups is 1. The summed E-state index contributed by atoms with van der Waals surface area (Å²) >= 11 is 0. The Bertz CT molecular complexity index is 235. The van der Waals surface area contributed by atoms with Crippen LogP contribution in [0.3, 0.4) is 0 Å². The molecule has 1 aromatic rings. The fraction of sp³-hybridized carbons (Fsp3) is 0.286. The number of nitrogens with two attached hydrogens (primary N) is 1. The second-order valence-electron chi connectivity index (χ2n) is 2.02. The molecule has 1 rings (SSSR count). The molecule has 0 saturated carbocycles. The van der Waals surface area contributed by atoms with Crippen molar-refractivity contribution in [2.45, 2.75) is 6.04 Å². The van der Waals surface area contributed by atoms with E-state index in [0.29, 0.717) is 5.76 Å². The van der Waals surface area contributed by atoms with Gasteiger partial charge in [-0.15, -0.1) is 12.4 Å². The molecular formula is C7H10ClNO3. The van der Waals surface area contributed by atoms with E-state index in [9.17, 15) is 4.79 Å². The van der Waals surface area contributed by atoms with E-state index in [0.717, 1.165) is 0 Å². The lowest BCUT2D eigenvalue weighted by Gasteiger charge is -2.04. The molecule has 0 radical (unpaired) electrons. The van der Waals surface area contributed by atoms with Crippen LogP contribution in [0.25, 0.3) is 0 Å². The number of furan rings is 1. The predicted octanol–water partition coefficient (Wildman–Crippen LogP) is 0.874. The summed E-state index contributed by atoms with van der Waals surface area (Å²) in [5.41, 5.74) is 5.43.